The average Bonchev–Trinajstić information content (AvgIpc) is 2.64. The summed E-state index contributed by atoms with van der Waals surface area (Å²) in [5.41, 5.74) is 1.95. The molecule has 0 N–H and O–H groups in total. The number of benzene rings is 2. The van der Waals surface area contributed by atoms with Gasteiger partial charge in [0.15, 0.2) is 0 Å². The molecule has 1 saturated heterocycles. The zero-order valence-electron chi connectivity index (χ0n) is 13.7. The molecule has 0 aromatic heterocycles. The fourth-order valence-electron chi connectivity index (χ4n) is 3.13. The van der Waals surface area contributed by atoms with Crippen molar-refractivity contribution in [2.75, 3.05) is 38.2 Å². The summed E-state index contributed by atoms with van der Waals surface area (Å²) in [6.45, 7) is 3.05. The van der Waals surface area contributed by atoms with Crippen molar-refractivity contribution in [3.8, 4) is 0 Å². The number of methoxy groups -OCH3 is 1. The fourth-order valence-corrected chi connectivity index (χ4v) is 3.13. The van der Waals surface area contributed by atoms with E-state index in [4.69, 9.17) is 4.74 Å². The smallest absolute Gasteiger partial charge is 0.327 e. The van der Waals surface area contributed by atoms with Crippen LogP contribution in [-0.2, 0) is 9.53 Å². The van der Waals surface area contributed by atoms with Crippen LogP contribution in [0.15, 0.2) is 54.6 Å². The minimum absolute atomic E-state index is 0.229. The van der Waals surface area contributed by atoms with Crippen molar-refractivity contribution in [1.82, 2.24) is 4.90 Å². The molecule has 0 aliphatic carbocycles. The third kappa shape index (κ3) is 3.57. The summed E-state index contributed by atoms with van der Waals surface area (Å²) in [7, 11) is 1.42. The molecule has 1 unspecified atom stereocenters. The number of piperazine rings is 1. The van der Waals surface area contributed by atoms with Crippen LogP contribution in [0.4, 0.5) is 10.1 Å². The topological polar surface area (TPSA) is 32.8 Å². The van der Waals surface area contributed by atoms with E-state index < -0.39 is 0 Å². The summed E-state index contributed by atoms with van der Waals surface area (Å²) in [6, 6.07) is 15.9. The lowest BCUT2D eigenvalue weighted by Gasteiger charge is -2.39. The normalized spacial score (nSPS) is 16.7. The van der Waals surface area contributed by atoms with E-state index in [0.29, 0.717) is 0 Å². The van der Waals surface area contributed by atoms with E-state index in [-0.39, 0.29) is 17.8 Å². The van der Waals surface area contributed by atoms with Crippen molar-refractivity contribution in [2.45, 2.75) is 6.04 Å². The largest absolute Gasteiger partial charge is 0.468 e. The summed E-state index contributed by atoms with van der Waals surface area (Å²) in [6.07, 6.45) is 0. The number of halogens is 1. The van der Waals surface area contributed by atoms with Gasteiger partial charge < -0.3 is 9.64 Å². The zero-order valence-corrected chi connectivity index (χ0v) is 13.7. The van der Waals surface area contributed by atoms with Crippen LogP contribution in [0.2, 0.25) is 0 Å². The molecule has 0 spiro atoms. The van der Waals surface area contributed by atoms with E-state index in [2.05, 4.69) is 9.80 Å². The van der Waals surface area contributed by atoms with Crippen LogP contribution >= 0.6 is 0 Å². The molecule has 0 bridgehead atoms. The lowest BCUT2D eigenvalue weighted by atomic mass is 10.0. The zero-order chi connectivity index (χ0) is 16.9. The number of ether oxygens (including phenoxy) is 1. The lowest BCUT2D eigenvalue weighted by Crippen LogP contribution is -2.49. The first kappa shape index (κ1) is 16.5. The van der Waals surface area contributed by atoms with Crippen molar-refractivity contribution in [1.29, 1.82) is 0 Å². The molecule has 0 amide bonds. The first-order chi connectivity index (χ1) is 11.7. The third-order valence-corrected chi connectivity index (χ3v) is 4.41. The lowest BCUT2D eigenvalue weighted by molar-refractivity contribution is -0.147. The first-order valence-corrected chi connectivity index (χ1v) is 8.06. The van der Waals surface area contributed by atoms with E-state index >= 15 is 0 Å². The first-order valence-electron chi connectivity index (χ1n) is 8.06. The van der Waals surface area contributed by atoms with Crippen LogP contribution in [0.3, 0.4) is 0 Å². The number of anilines is 1. The molecule has 24 heavy (non-hydrogen) atoms. The number of hydrogen-bond acceptors (Lipinski definition) is 4. The second-order valence-electron chi connectivity index (χ2n) is 5.84. The maximum absolute atomic E-state index is 13.1. The standard InChI is InChI=1S/C19H21FN2O2/c1-24-19(23)18(15-5-3-2-4-6-15)22-13-11-21(12-14-22)17-9-7-16(20)8-10-17/h2-10,18H,11-14H2,1H3. The van der Waals surface area contributed by atoms with Gasteiger partial charge in [-0.15, -0.1) is 0 Å². The Balaban J connectivity index is 1.71. The maximum atomic E-state index is 13.1. The molecule has 5 heteroatoms. The minimum atomic E-state index is -0.383. The number of esters is 1. The number of carbonyl (C=O) groups is 1. The molecule has 1 aliphatic heterocycles. The summed E-state index contributed by atoms with van der Waals surface area (Å²) in [5, 5.41) is 0. The molecule has 4 nitrogen and oxygen atoms in total. The molecule has 1 fully saturated rings. The van der Waals surface area contributed by atoms with Crippen LogP contribution in [0.5, 0.6) is 0 Å². The molecule has 1 heterocycles. The van der Waals surface area contributed by atoms with E-state index in [9.17, 15) is 9.18 Å². The third-order valence-electron chi connectivity index (χ3n) is 4.41. The minimum Gasteiger partial charge on any atom is -0.468 e. The highest BCUT2D eigenvalue weighted by molar-refractivity contribution is 5.77. The molecule has 2 aromatic carbocycles. The Morgan fingerprint density at radius 3 is 2.21 bits per heavy atom. The molecule has 1 aliphatic rings. The molecule has 0 radical (unpaired) electrons. The van der Waals surface area contributed by atoms with E-state index in [1.54, 1.807) is 12.1 Å². The van der Waals surface area contributed by atoms with Crippen LogP contribution in [-0.4, -0.2) is 44.2 Å². The Morgan fingerprint density at radius 1 is 1.00 bits per heavy atom. The van der Waals surface area contributed by atoms with Gasteiger partial charge >= 0.3 is 5.97 Å². The quantitative estimate of drug-likeness (QED) is 0.808. The van der Waals surface area contributed by atoms with Crippen molar-refractivity contribution in [3.63, 3.8) is 0 Å². The molecular weight excluding hydrogens is 307 g/mol. The van der Waals surface area contributed by atoms with Gasteiger partial charge in [0.25, 0.3) is 0 Å². The van der Waals surface area contributed by atoms with Gasteiger partial charge in [-0.1, -0.05) is 30.3 Å². The number of carbonyl (C=O) groups excluding carboxylic acids is 1. The van der Waals surface area contributed by atoms with E-state index in [1.165, 1.54) is 19.2 Å². The summed E-state index contributed by atoms with van der Waals surface area (Å²) >= 11 is 0. The van der Waals surface area contributed by atoms with Gasteiger partial charge in [0, 0.05) is 31.9 Å². The van der Waals surface area contributed by atoms with Gasteiger partial charge in [0.2, 0.25) is 0 Å². The summed E-state index contributed by atoms with van der Waals surface area (Å²) in [5.74, 6) is -0.469. The van der Waals surface area contributed by atoms with Crippen LogP contribution < -0.4 is 4.90 Å². The SMILES string of the molecule is COC(=O)C(c1ccccc1)N1CCN(c2ccc(F)cc2)CC1. The molecule has 1 atom stereocenters. The van der Waals surface area contributed by atoms with Crippen molar-refractivity contribution in [2.24, 2.45) is 0 Å². The van der Waals surface area contributed by atoms with Crippen LogP contribution in [0.25, 0.3) is 0 Å². The predicted octanol–water partition coefficient (Wildman–Crippen LogP) is 2.86. The van der Waals surface area contributed by atoms with Gasteiger partial charge in [-0.05, 0) is 29.8 Å². The molecular formula is C19H21FN2O2. The highest BCUT2D eigenvalue weighted by Gasteiger charge is 2.31. The van der Waals surface area contributed by atoms with E-state index in [0.717, 1.165) is 37.4 Å². The highest BCUT2D eigenvalue weighted by atomic mass is 19.1. The highest BCUT2D eigenvalue weighted by Crippen LogP contribution is 2.25. The monoisotopic (exact) mass is 328 g/mol. The van der Waals surface area contributed by atoms with Crippen LogP contribution in [0, 0.1) is 5.82 Å². The second-order valence-corrected chi connectivity index (χ2v) is 5.84. The van der Waals surface area contributed by atoms with Crippen molar-refractivity contribution < 1.29 is 13.9 Å². The number of hydrogen-bond donors (Lipinski definition) is 0. The Hall–Kier alpha value is -2.40. The van der Waals surface area contributed by atoms with Crippen molar-refractivity contribution >= 4 is 11.7 Å². The Labute approximate surface area is 141 Å². The number of rotatable bonds is 4. The van der Waals surface area contributed by atoms with E-state index in [1.807, 2.05) is 30.3 Å². The molecule has 0 saturated carbocycles. The van der Waals surface area contributed by atoms with Gasteiger partial charge in [0.05, 0.1) is 7.11 Å². The maximum Gasteiger partial charge on any atom is 0.327 e. The van der Waals surface area contributed by atoms with Gasteiger partial charge in [-0.25, -0.2) is 9.18 Å². The molecule has 2 aromatic rings. The summed E-state index contributed by atoms with van der Waals surface area (Å²) < 4.78 is 18.1. The van der Waals surface area contributed by atoms with Gasteiger partial charge in [-0.2, -0.15) is 0 Å². The number of nitrogens with zero attached hydrogens (tertiary/aromatic N) is 2. The predicted molar refractivity (Wildman–Crippen MR) is 91.4 cm³/mol. The molecule has 126 valence electrons. The van der Waals surface area contributed by atoms with Crippen molar-refractivity contribution in [3.05, 3.63) is 66.0 Å². The van der Waals surface area contributed by atoms with Gasteiger partial charge in [-0.3, -0.25) is 4.90 Å². The Kier molecular flexibility index (Phi) is 5.11. The second kappa shape index (κ2) is 7.45. The van der Waals surface area contributed by atoms with Crippen LogP contribution in [0.1, 0.15) is 11.6 Å². The fraction of sp³-hybridized carbons (Fsp3) is 0.316. The Morgan fingerprint density at radius 2 is 1.62 bits per heavy atom. The average molecular weight is 328 g/mol. The van der Waals surface area contributed by atoms with Gasteiger partial charge in [0.1, 0.15) is 11.9 Å². The summed E-state index contributed by atoms with van der Waals surface area (Å²) in [4.78, 5) is 16.6. The Bertz CT molecular complexity index is 668. The molecule has 3 rings (SSSR count).